The summed E-state index contributed by atoms with van der Waals surface area (Å²) >= 11 is 0. The summed E-state index contributed by atoms with van der Waals surface area (Å²) in [6.07, 6.45) is 0.442. The lowest BCUT2D eigenvalue weighted by molar-refractivity contribution is -0.0874. The first-order chi connectivity index (χ1) is 6.30. The molecule has 0 aromatic rings. The van der Waals surface area contributed by atoms with E-state index in [0.29, 0.717) is 29.8 Å². The fourth-order valence-electron chi connectivity index (χ4n) is 2.72. The SMILES string of the molecule is CC(C)C1OC(C)(C(C)C)C(C)C1C. The van der Waals surface area contributed by atoms with Crippen LogP contribution in [0.25, 0.3) is 0 Å². The maximum absolute atomic E-state index is 6.30. The second-order valence-electron chi connectivity index (χ2n) is 5.81. The van der Waals surface area contributed by atoms with Gasteiger partial charge in [-0.25, -0.2) is 0 Å². The summed E-state index contributed by atoms with van der Waals surface area (Å²) in [7, 11) is 0. The molecule has 1 heteroatoms. The van der Waals surface area contributed by atoms with Crippen molar-refractivity contribution in [2.45, 2.75) is 60.2 Å². The summed E-state index contributed by atoms with van der Waals surface area (Å²) in [6, 6.07) is 0. The van der Waals surface area contributed by atoms with E-state index in [-0.39, 0.29) is 5.60 Å². The van der Waals surface area contributed by atoms with E-state index in [1.807, 2.05) is 0 Å². The summed E-state index contributed by atoms with van der Waals surface area (Å²) in [5.74, 6) is 2.58. The normalized spacial score (nSPS) is 43.9. The monoisotopic (exact) mass is 198 g/mol. The van der Waals surface area contributed by atoms with Crippen molar-refractivity contribution in [3.8, 4) is 0 Å². The molecule has 0 N–H and O–H groups in total. The Morgan fingerprint density at radius 1 is 1.07 bits per heavy atom. The first-order valence-electron chi connectivity index (χ1n) is 5.98. The van der Waals surface area contributed by atoms with E-state index in [9.17, 15) is 0 Å². The van der Waals surface area contributed by atoms with E-state index in [2.05, 4.69) is 48.5 Å². The van der Waals surface area contributed by atoms with Crippen LogP contribution in [0.1, 0.15) is 48.5 Å². The number of hydrogen-bond donors (Lipinski definition) is 0. The molecule has 1 saturated heterocycles. The fraction of sp³-hybridized carbons (Fsp3) is 1.00. The Morgan fingerprint density at radius 2 is 1.57 bits per heavy atom. The van der Waals surface area contributed by atoms with Crippen LogP contribution in [0.2, 0.25) is 0 Å². The van der Waals surface area contributed by atoms with Crippen molar-refractivity contribution < 1.29 is 4.74 Å². The lowest BCUT2D eigenvalue weighted by atomic mass is 9.76. The van der Waals surface area contributed by atoms with Crippen LogP contribution in [0.5, 0.6) is 0 Å². The molecule has 1 rings (SSSR count). The van der Waals surface area contributed by atoms with Gasteiger partial charge < -0.3 is 4.74 Å². The van der Waals surface area contributed by atoms with Gasteiger partial charge in [0.1, 0.15) is 0 Å². The Balaban J connectivity index is 2.86. The molecule has 1 aliphatic rings. The van der Waals surface area contributed by atoms with Gasteiger partial charge in [-0.3, -0.25) is 0 Å². The quantitative estimate of drug-likeness (QED) is 0.657. The molecule has 4 atom stereocenters. The van der Waals surface area contributed by atoms with Crippen LogP contribution in [-0.2, 0) is 4.74 Å². The minimum Gasteiger partial charge on any atom is -0.371 e. The standard InChI is InChI=1S/C13H26O/c1-8(2)12-10(5)11(6)13(7,14-12)9(3)4/h8-12H,1-7H3. The highest BCUT2D eigenvalue weighted by Crippen LogP contribution is 2.46. The van der Waals surface area contributed by atoms with E-state index in [4.69, 9.17) is 4.74 Å². The molecule has 1 fully saturated rings. The highest BCUT2D eigenvalue weighted by molar-refractivity contribution is 4.97. The van der Waals surface area contributed by atoms with Crippen molar-refractivity contribution in [3.63, 3.8) is 0 Å². The van der Waals surface area contributed by atoms with Gasteiger partial charge in [0.05, 0.1) is 11.7 Å². The molecule has 0 aliphatic carbocycles. The maximum atomic E-state index is 6.30. The summed E-state index contributed by atoms with van der Waals surface area (Å²) in [5, 5.41) is 0. The molecule has 0 amide bonds. The number of hydrogen-bond acceptors (Lipinski definition) is 1. The highest BCUT2D eigenvalue weighted by atomic mass is 16.5. The third kappa shape index (κ3) is 1.71. The molecule has 1 nitrogen and oxygen atoms in total. The number of ether oxygens (including phenoxy) is 1. The Labute approximate surface area is 89.2 Å². The molecule has 14 heavy (non-hydrogen) atoms. The molecule has 1 heterocycles. The van der Waals surface area contributed by atoms with Crippen molar-refractivity contribution in [3.05, 3.63) is 0 Å². The Kier molecular flexibility index (Phi) is 3.30. The van der Waals surface area contributed by atoms with E-state index in [1.165, 1.54) is 0 Å². The van der Waals surface area contributed by atoms with E-state index >= 15 is 0 Å². The van der Waals surface area contributed by atoms with Crippen LogP contribution < -0.4 is 0 Å². The lowest BCUT2D eigenvalue weighted by Crippen LogP contribution is -2.37. The first-order valence-corrected chi connectivity index (χ1v) is 5.98. The second kappa shape index (κ2) is 3.84. The molecule has 0 aromatic carbocycles. The van der Waals surface area contributed by atoms with Gasteiger partial charge in [-0.05, 0) is 30.6 Å². The zero-order chi connectivity index (χ0) is 11.1. The molecular formula is C13H26O. The number of rotatable bonds is 2. The molecule has 84 valence electrons. The van der Waals surface area contributed by atoms with Crippen molar-refractivity contribution in [1.82, 2.24) is 0 Å². The van der Waals surface area contributed by atoms with Crippen LogP contribution in [0.4, 0.5) is 0 Å². The molecule has 0 bridgehead atoms. The largest absolute Gasteiger partial charge is 0.371 e. The summed E-state index contributed by atoms with van der Waals surface area (Å²) in [5.41, 5.74) is 0.0777. The van der Waals surface area contributed by atoms with E-state index < -0.39 is 0 Å². The van der Waals surface area contributed by atoms with Crippen molar-refractivity contribution >= 4 is 0 Å². The molecule has 0 radical (unpaired) electrons. The van der Waals surface area contributed by atoms with E-state index in [0.717, 1.165) is 0 Å². The van der Waals surface area contributed by atoms with Gasteiger partial charge in [0.15, 0.2) is 0 Å². The van der Waals surface area contributed by atoms with Gasteiger partial charge in [0.2, 0.25) is 0 Å². The van der Waals surface area contributed by atoms with Crippen LogP contribution in [0, 0.1) is 23.7 Å². The summed E-state index contributed by atoms with van der Waals surface area (Å²) < 4.78 is 6.30. The third-order valence-corrected chi connectivity index (χ3v) is 4.40. The smallest absolute Gasteiger partial charge is 0.0710 e. The lowest BCUT2D eigenvalue weighted by Gasteiger charge is -2.33. The average molecular weight is 198 g/mol. The molecule has 4 unspecified atom stereocenters. The summed E-state index contributed by atoms with van der Waals surface area (Å²) in [6.45, 7) is 16.0. The maximum Gasteiger partial charge on any atom is 0.0710 e. The fourth-order valence-corrected chi connectivity index (χ4v) is 2.72. The van der Waals surface area contributed by atoms with Crippen LogP contribution >= 0.6 is 0 Å². The van der Waals surface area contributed by atoms with Gasteiger partial charge in [-0.15, -0.1) is 0 Å². The molecule has 1 aliphatic heterocycles. The van der Waals surface area contributed by atoms with Gasteiger partial charge in [0.25, 0.3) is 0 Å². The summed E-state index contributed by atoms with van der Waals surface area (Å²) in [4.78, 5) is 0. The minimum absolute atomic E-state index is 0.0777. The Hall–Kier alpha value is -0.0400. The van der Waals surface area contributed by atoms with Crippen molar-refractivity contribution in [2.24, 2.45) is 23.7 Å². The van der Waals surface area contributed by atoms with Crippen LogP contribution in [-0.4, -0.2) is 11.7 Å². The topological polar surface area (TPSA) is 9.23 Å². The van der Waals surface area contributed by atoms with Gasteiger partial charge in [-0.2, -0.15) is 0 Å². The average Bonchev–Trinajstić information content (AvgIpc) is 2.31. The van der Waals surface area contributed by atoms with Crippen LogP contribution in [0.3, 0.4) is 0 Å². The zero-order valence-electron chi connectivity index (χ0n) is 10.8. The van der Waals surface area contributed by atoms with Crippen molar-refractivity contribution in [2.75, 3.05) is 0 Å². The third-order valence-electron chi connectivity index (χ3n) is 4.40. The molecule has 0 spiro atoms. The first kappa shape index (κ1) is 12.0. The predicted molar refractivity (Wildman–Crippen MR) is 61.3 cm³/mol. The highest BCUT2D eigenvalue weighted by Gasteiger charge is 2.49. The van der Waals surface area contributed by atoms with Gasteiger partial charge >= 0.3 is 0 Å². The second-order valence-corrected chi connectivity index (χ2v) is 5.81. The molecule has 0 aromatic heterocycles. The molecular weight excluding hydrogens is 172 g/mol. The Bertz CT molecular complexity index is 195. The van der Waals surface area contributed by atoms with Gasteiger partial charge in [0, 0.05) is 0 Å². The van der Waals surface area contributed by atoms with Gasteiger partial charge in [-0.1, -0.05) is 41.5 Å². The van der Waals surface area contributed by atoms with Crippen molar-refractivity contribution in [1.29, 1.82) is 0 Å². The Morgan fingerprint density at radius 3 is 1.79 bits per heavy atom. The predicted octanol–water partition coefficient (Wildman–Crippen LogP) is 3.73. The zero-order valence-corrected chi connectivity index (χ0v) is 10.8. The minimum atomic E-state index is 0.0777. The van der Waals surface area contributed by atoms with E-state index in [1.54, 1.807) is 0 Å². The molecule has 0 saturated carbocycles. The van der Waals surface area contributed by atoms with Crippen LogP contribution in [0.15, 0.2) is 0 Å².